The van der Waals surface area contributed by atoms with E-state index in [2.05, 4.69) is 0 Å². The number of carbonyl (C=O) groups is 2. The van der Waals surface area contributed by atoms with Gasteiger partial charge in [0.1, 0.15) is 112 Å². The van der Waals surface area contributed by atoms with Gasteiger partial charge < -0.3 is 57.8 Å². The summed E-state index contributed by atoms with van der Waals surface area (Å²) in [5.41, 5.74) is 0.955. The molecule has 2 aromatic carbocycles. The highest BCUT2D eigenvalue weighted by Gasteiger charge is 2.21. The van der Waals surface area contributed by atoms with Crippen molar-refractivity contribution < 1.29 is 38.0 Å². The van der Waals surface area contributed by atoms with E-state index in [-0.39, 0.29) is 36.7 Å². The highest BCUT2D eigenvalue weighted by Crippen LogP contribution is 2.37. The van der Waals surface area contributed by atoms with Crippen LogP contribution in [0.5, 0.6) is 46.5 Å². The van der Waals surface area contributed by atoms with Crippen LogP contribution in [0, 0.1) is 0 Å². The monoisotopic (exact) mass is 1130 g/mol. The largest absolute Gasteiger partial charge is 0.460 e. The molecule has 0 spiro atoms. The smallest absolute Gasteiger partial charge is 0.317 e. The fourth-order valence-corrected chi connectivity index (χ4v) is 9.13. The van der Waals surface area contributed by atoms with Crippen molar-refractivity contribution in [2.75, 3.05) is 71.7 Å². The van der Waals surface area contributed by atoms with Gasteiger partial charge in [-0.3, -0.25) is 9.59 Å². The number of ether oxygens (including phenoxy) is 6. The summed E-state index contributed by atoms with van der Waals surface area (Å²) in [6.07, 6.45) is -0.695. The summed E-state index contributed by atoms with van der Waals surface area (Å²) in [4.78, 5) is 77.0. The molecule has 12 rings (SSSR count). The van der Waals surface area contributed by atoms with E-state index in [1.807, 2.05) is 193 Å². The number of anilines is 12. The molecule has 0 amide bonds. The molecule has 0 radical (unpaired) electrons. The van der Waals surface area contributed by atoms with Crippen molar-refractivity contribution in [3.05, 3.63) is 193 Å². The standard InChI is InChI=1S/C63H54N14O8/c1-72-46-15-7-19-50(64-46)74(3)54-23-11-27-58(68-54)82-42-31-40(32-43(35-42)83-59-28-12-24-55(69-59)75(4)51-20-8-16-47(72)65-51)38-80-62(78)37-63(79)81-39-41-33-44-36-45(34-41)85-61-30-14-26-57(71-61)77(6)53-22-10-18-49(67-53)73(2)48-17-9-21-52(66-48)76(5)56-25-13-29-60(70-56)84-44/h7-36H,37-39H2,1-6H3. The van der Waals surface area contributed by atoms with Crippen molar-refractivity contribution in [1.82, 2.24) is 39.9 Å². The van der Waals surface area contributed by atoms with E-state index in [9.17, 15) is 9.59 Å². The van der Waals surface area contributed by atoms with Crippen LogP contribution in [0.3, 0.4) is 0 Å². The third-order valence-corrected chi connectivity index (χ3v) is 13.7. The summed E-state index contributed by atoms with van der Waals surface area (Å²) in [5.74, 6) is 8.10. The average molecular weight is 1140 g/mol. The van der Waals surface area contributed by atoms with Crippen LogP contribution in [-0.4, -0.2) is 94.1 Å². The maximum absolute atomic E-state index is 13.5. The molecule has 424 valence electrons. The van der Waals surface area contributed by atoms with Crippen LogP contribution in [0.15, 0.2) is 182 Å². The van der Waals surface area contributed by atoms with E-state index in [4.69, 9.17) is 68.3 Å². The Balaban J connectivity index is 0.773. The average Bonchev–Trinajstić information content (AvgIpc) is 3.59. The van der Waals surface area contributed by atoms with E-state index in [0.717, 1.165) is 0 Å². The fraction of sp³-hybridized carbons (Fsp3) is 0.143. The highest BCUT2D eigenvalue weighted by atomic mass is 16.6. The van der Waals surface area contributed by atoms with Crippen molar-refractivity contribution >= 4 is 81.8 Å². The number of hydrogen-bond acceptors (Lipinski definition) is 22. The molecule has 10 heterocycles. The molecular formula is C63H54N14O8. The maximum atomic E-state index is 13.5. The molecule has 0 atom stereocenters. The number of rotatable bonds is 6. The summed E-state index contributed by atoms with van der Waals surface area (Å²) in [6.45, 7) is -0.520. The molecule has 8 aromatic heterocycles. The van der Waals surface area contributed by atoms with E-state index in [1.54, 1.807) is 60.7 Å². The van der Waals surface area contributed by atoms with E-state index >= 15 is 0 Å². The maximum Gasteiger partial charge on any atom is 0.317 e. The van der Waals surface area contributed by atoms with Gasteiger partial charge in [-0.15, -0.1) is 0 Å². The molecule has 2 aliphatic rings. The number of pyridine rings is 8. The molecule has 0 N–H and O–H groups in total. The molecular weight excluding hydrogens is 1080 g/mol. The van der Waals surface area contributed by atoms with Gasteiger partial charge in [-0.2, -0.15) is 19.9 Å². The van der Waals surface area contributed by atoms with Crippen LogP contribution < -0.4 is 48.3 Å². The second-order valence-corrected chi connectivity index (χ2v) is 19.6. The van der Waals surface area contributed by atoms with Gasteiger partial charge in [0.25, 0.3) is 0 Å². The van der Waals surface area contributed by atoms with Crippen molar-refractivity contribution in [2.45, 2.75) is 19.6 Å². The first-order valence-corrected chi connectivity index (χ1v) is 26.8. The topological polar surface area (TPSA) is 212 Å². The van der Waals surface area contributed by atoms with Crippen LogP contribution in [0.25, 0.3) is 0 Å². The molecule has 0 saturated carbocycles. The Morgan fingerprint density at radius 2 is 0.506 bits per heavy atom. The molecule has 22 heteroatoms. The summed E-state index contributed by atoms with van der Waals surface area (Å²) < 4.78 is 36.9. The minimum absolute atomic E-state index is 0.260. The van der Waals surface area contributed by atoms with Crippen LogP contribution in [0.1, 0.15) is 17.5 Å². The molecule has 20 bridgehead atoms. The second kappa shape index (κ2) is 23.6. The van der Waals surface area contributed by atoms with Gasteiger partial charge >= 0.3 is 11.9 Å². The van der Waals surface area contributed by atoms with Crippen LogP contribution in [-0.2, 0) is 32.3 Å². The van der Waals surface area contributed by atoms with Gasteiger partial charge in [0.05, 0.1) is 0 Å². The number of esters is 2. The SMILES string of the molecule is CN1c2cccc(n2)Oc2cc(COC(=O)CC(=O)OCc3cc4cc(c3)Oc3cccc(n3)N(C)c3cccc(n3)N(C)c3cccc(n3)N(C)c3cccc(n3)O4)cc(c2)Oc2cccc(n2)N(C)c2cccc(n2)N(C)c2cccc1n2. The quantitative estimate of drug-likeness (QED) is 0.112. The number of nitrogens with zero attached hydrogens (tertiary/aromatic N) is 14. The fourth-order valence-electron chi connectivity index (χ4n) is 9.13. The molecule has 0 unspecified atom stereocenters. The van der Waals surface area contributed by atoms with Crippen molar-refractivity contribution in [3.8, 4) is 46.5 Å². The van der Waals surface area contributed by atoms with Gasteiger partial charge in [0, 0.05) is 78.7 Å². The van der Waals surface area contributed by atoms with Crippen molar-refractivity contribution in [3.63, 3.8) is 0 Å². The number of fused-ring (bicyclic) bond motifs is 20. The van der Waals surface area contributed by atoms with Gasteiger partial charge in [-0.05, 0) is 108 Å². The van der Waals surface area contributed by atoms with E-state index in [0.29, 0.717) is 104 Å². The van der Waals surface area contributed by atoms with Crippen LogP contribution in [0.2, 0.25) is 0 Å². The third-order valence-electron chi connectivity index (χ3n) is 13.7. The first-order chi connectivity index (χ1) is 41.3. The highest BCUT2D eigenvalue weighted by molar-refractivity contribution is 5.91. The summed E-state index contributed by atoms with van der Waals surface area (Å²) in [7, 11) is 11.3. The minimum Gasteiger partial charge on any atom is -0.460 e. The normalized spacial score (nSPS) is 12.8. The lowest BCUT2D eigenvalue weighted by atomic mass is 10.2. The molecule has 0 fully saturated rings. The molecule has 10 aromatic rings. The van der Waals surface area contributed by atoms with Gasteiger partial charge in [0.2, 0.25) is 23.5 Å². The van der Waals surface area contributed by atoms with Gasteiger partial charge in [-0.25, -0.2) is 19.9 Å². The lowest BCUT2D eigenvalue weighted by molar-refractivity contribution is -0.156. The summed E-state index contributed by atoms with van der Waals surface area (Å²) in [6, 6.07) is 54.5. The molecule has 22 nitrogen and oxygen atoms in total. The van der Waals surface area contributed by atoms with Gasteiger partial charge in [0.15, 0.2) is 0 Å². The molecule has 2 aliphatic heterocycles. The molecule has 0 aliphatic carbocycles. The lowest BCUT2D eigenvalue weighted by Crippen LogP contribution is -2.18. The van der Waals surface area contributed by atoms with Crippen LogP contribution >= 0.6 is 0 Å². The zero-order valence-electron chi connectivity index (χ0n) is 47.0. The second-order valence-electron chi connectivity index (χ2n) is 19.6. The summed E-state index contributed by atoms with van der Waals surface area (Å²) in [5, 5.41) is 0. The number of aromatic nitrogens is 8. The zero-order chi connectivity index (χ0) is 58.6. The number of benzene rings is 2. The van der Waals surface area contributed by atoms with E-state index in [1.165, 1.54) is 0 Å². The molecule has 85 heavy (non-hydrogen) atoms. The Kier molecular flexibility index (Phi) is 15.0. The van der Waals surface area contributed by atoms with Crippen molar-refractivity contribution in [1.29, 1.82) is 0 Å². The van der Waals surface area contributed by atoms with Gasteiger partial charge in [-0.1, -0.05) is 48.5 Å². The number of hydrogen-bond donors (Lipinski definition) is 0. The zero-order valence-corrected chi connectivity index (χ0v) is 47.0. The Bertz CT molecular complexity index is 3640. The Hall–Kier alpha value is -11.4. The van der Waals surface area contributed by atoms with Crippen molar-refractivity contribution in [2.24, 2.45) is 0 Å². The minimum atomic E-state index is -0.835. The molecule has 0 saturated heterocycles. The summed E-state index contributed by atoms with van der Waals surface area (Å²) >= 11 is 0. The lowest BCUT2D eigenvalue weighted by Gasteiger charge is -2.23. The number of carbonyl (C=O) groups excluding carboxylic acids is 2. The predicted octanol–water partition coefficient (Wildman–Crippen LogP) is 12.4. The van der Waals surface area contributed by atoms with E-state index < -0.39 is 18.4 Å². The first kappa shape index (κ1) is 54.2. The Labute approximate surface area is 488 Å². The van der Waals surface area contributed by atoms with Crippen LogP contribution in [0.4, 0.5) is 69.8 Å². The first-order valence-electron chi connectivity index (χ1n) is 26.8. The Morgan fingerprint density at radius 1 is 0.306 bits per heavy atom. The predicted molar refractivity (Wildman–Crippen MR) is 320 cm³/mol. The third kappa shape index (κ3) is 12.4. The Morgan fingerprint density at radius 3 is 0.729 bits per heavy atom.